The summed E-state index contributed by atoms with van der Waals surface area (Å²) in [6.45, 7) is 10.2. The molecule has 3 rings (SSSR count). The number of benzene rings is 2. The van der Waals surface area contributed by atoms with E-state index in [-0.39, 0.29) is 10.3 Å². The molecule has 1 aliphatic rings. The van der Waals surface area contributed by atoms with Crippen molar-refractivity contribution in [2.75, 3.05) is 0 Å². The van der Waals surface area contributed by atoms with Crippen LogP contribution in [0.5, 0.6) is 0 Å². The van der Waals surface area contributed by atoms with E-state index in [0.717, 1.165) is 27.7 Å². The van der Waals surface area contributed by atoms with E-state index >= 15 is 0 Å². The zero-order valence-electron chi connectivity index (χ0n) is 13.5. The van der Waals surface area contributed by atoms with E-state index in [0.29, 0.717) is 0 Å². The van der Waals surface area contributed by atoms with Gasteiger partial charge in [0.25, 0.3) is 10.1 Å². The quantitative estimate of drug-likeness (QED) is 0.787. The molecule has 0 fully saturated rings. The SMILES string of the molecule is CC.CC1=Nc2ccc3cc(S(=O)(=O)O)ccc3c2C1(C)C. The summed E-state index contributed by atoms with van der Waals surface area (Å²) in [6.07, 6.45) is 0. The molecule has 0 aliphatic carbocycles. The molecule has 0 saturated carbocycles. The van der Waals surface area contributed by atoms with Crippen LogP contribution in [0.4, 0.5) is 5.69 Å². The van der Waals surface area contributed by atoms with Gasteiger partial charge in [0.1, 0.15) is 0 Å². The summed E-state index contributed by atoms with van der Waals surface area (Å²) < 4.78 is 31.6. The number of fused-ring (bicyclic) bond motifs is 3. The molecule has 0 radical (unpaired) electrons. The van der Waals surface area contributed by atoms with Crippen LogP contribution in [0.1, 0.15) is 40.2 Å². The van der Waals surface area contributed by atoms with Crippen LogP contribution in [0.25, 0.3) is 10.8 Å². The number of aliphatic imine (C=N–C) groups is 1. The van der Waals surface area contributed by atoms with Gasteiger partial charge in [-0.25, -0.2) is 0 Å². The third-order valence-corrected chi connectivity index (χ3v) is 4.93. The van der Waals surface area contributed by atoms with E-state index < -0.39 is 10.1 Å². The fourth-order valence-corrected chi connectivity index (χ4v) is 3.22. The molecule has 0 unspecified atom stereocenters. The first kappa shape index (κ1) is 16.6. The van der Waals surface area contributed by atoms with Gasteiger partial charge < -0.3 is 0 Å². The van der Waals surface area contributed by atoms with E-state index in [1.165, 1.54) is 12.1 Å². The van der Waals surface area contributed by atoms with Gasteiger partial charge in [0.15, 0.2) is 0 Å². The third-order valence-electron chi connectivity index (χ3n) is 4.08. The van der Waals surface area contributed by atoms with E-state index in [9.17, 15) is 8.42 Å². The number of hydrogen-bond acceptors (Lipinski definition) is 3. The highest BCUT2D eigenvalue weighted by Gasteiger charge is 2.33. The molecule has 0 atom stereocenters. The van der Waals surface area contributed by atoms with Gasteiger partial charge in [-0.3, -0.25) is 9.55 Å². The monoisotopic (exact) mass is 319 g/mol. The summed E-state index contributed by atoms with van der Waals surface area (Å²) in [7, 11) is -4.18. The molecule has 0 spiro atoms. The summed E-state index contributed by atoms with van der Waals surface area (Å²) in [6, 6.07) is 8.40. The highest BCUT2D eigenvalue weighted by Crippen LogP contribution is 2.44. The minimum atomic E-state index is -4.18. The molecule has 0 amide bonds. The predicted molar refractivity (Wildman–Crippen MR) is 90.9 cm³/mol. The highest BCUT2D eigenvalue weighted by atomic mass is 32.2. The van der Waals surface area contributed by atoms with Crippen LogP contribution in [-0.2, 0) is 15.5 Å². The first-order valence-electron chi connectivity index (χ1n) is 7.32. The van der Waals surface area contributed by atoms with Crippen molar-refractivity contribution in [1.29, 1.82) is 0 Å². The van der Waals surface area contributed by atoms with Gasteiger partial charge in [0.05, 0.1) is 10.6 Å². The fourth-order valence-electron chi connectivity index (χ4n) is 2.71. The van der Waals surface area contributed by atoms with Crippen LogP contribution in [0, 0.1) is 0 Å². The predicted octanol–water partition coefficient (Wildman–Crippen LogP) is 4.50. The van der Waals surface area contributed by atoms with Crippen LogP contribution < -0.4 is 0 Å². The van der Waals surface area contributed by atoms with Crippen molar-refractivity contribution in [3.8, 4) is 0 Å². The molecule has 2 aromatic rings. The molecule has 2 aromatic carbocycles. The maximum Gasteiger partial charge on any atom is 0.294 e. The van der Waals surface area contributed by atoms with Crippen molar-refractivity contribution in [3.05, 3.63) is 35.9 Å². The van der Waals surface area contributed by atoms with Gasteiger partial charge in [0, 0.05) is 11.1 Å². The summed E-state index contributed by atoms with van der Waals surface area (Å²) in [5.74, 6) is 0. The molecule has 5 heteroatoms. The third kappa shape index (κ3) is 2.55. The molecule has 0 saturated heterocycles. The fraction of sp³-hybridized carbons (Fsp3) is 0.353. The number of rotatable bonds is 1. The van der Waals surface area contributed by atoms with Crippen molar-refractivity contribution in [2.45, 2.75) is 44.9 Å². The molecule has 22 heavy (non-hydrogen) atoms. The lowest BCUT2D eigenvalue weighted by Crippen LogP contribution is -2.22. The minimum Gasteiger partial charge on any atom is -0.282 e. The van der Waals surface area contributed by atoms with E-state index in [1.54, 1.807) is 6.07 Å². The topological polar surface area (TPSA) is 66.7 Å². The first-order chi connectivity index (χ1) is 10.2. The van der Waals surface area contributed by atoms with Gasteiger partial charge in [-0.2, -0.15) is 8.42 Å². The van der Waals surface area contributed by atoms with Crippen molar-refractivity contribution >= 4 is 32.3 Å². The molecule has 1 aliphatic heterocycles. The van der Waals surface area contributed by atoms with Crippen molar-refractivity contribution in [2.24, 2.45) is 4.99 Å². The van der Waals surface area contributed by atoms with Gasteiger partial charge in [-0.15, -0.1) is 0 Å². The van der Waals surface area contributed by atoms with Gasteiger partial charge >= 0.3 is 0 Å². The van der Waals surface area contributed by atoms with E-state index in [2.05, 4.69) is 18.8 Å². The standard InChI is InChI=1S/C15H15NO3S.C2H6/c1-9-15(2,3)14-12-6-5-11(20(17,18)19)8-10(12)4-7-13(14)16-9;1-2/h4-8H,1-3H3,(H,17,18,19);1-2H3. The molecular formula is C17H21NO3S. The largest absolute Gasteiger partial charge is 0.294 e. The Hall–Kier alpha value is -1.72. The first-order valence-corrected chi connectivity index (χ1v) is 8.76. The Labute approximate surface area is 131 Å². The second-order valence-corrected chi connectivity index (χ2v) is 7.06. The van der Waals surface area contributed by atoms with Crippen molar-refractivity contribution in [3.63, 3.8) is 0 Å². The van der Waals surface area contributed by atoms with Gasteiger partial charge in [0.2, 0.25) is 0 Å². The Bertz CT molecular complexity index is 865. The Balaban J connectivity index is 0.000000847. The van der Waals surface area contributed by atoms with E-state index in [4.69, 9.17) is 4.55 Å². The minimum absolute atomic E-state index is 0.0848. The molecule has 1 heterocycles. The summed E-state index contributed by atoms with van der Waals surface area (Å²) in [5, 5.41) is 1.76. The number of hydrogen-bond donors (Lipinski definition) is 1. The molecule has 0 aromatic heterocycles. The van der Waals surface area contributed by atoms with Gasteiger partial charge in [-0.1, -0.05) is 39.8 Å². The van der Waals surface area contributed by atoms with Crippen LogP contribution >= 0.6 is 0 Å². The number of nitrogens with zero attached hydrogens (tertiary/aromatic N) is 1. The average Bonchev–Trinajstić information content (AvgIpc) is 2.70. The summed E-state index contributed by atoms with van der Waals surface area (Å²) >= 11 is 0. The van der Waals surface area contributed by atoms with Crippen LogP contribution in [-0.4, -0.2) is 18.7 Å². The molecule has 0 bridgehead atoms. The Morgan fingerprint density at radius 2 is 1.73 bits per heavy atom. The Morgan fingerprint density at radius 3 is 2.32 bits per heavy atom. The smallest absolute Gasteiger partial charge is 0.282 e. The van der Waals surface area contributed by atoms with Crippen molar-refractivity contribution in [1.82, 2.24) is 0 Å². The van der Waals surface area contributed by atoms with Crippen LogP contribution in [0.15, 0.2) is 40.2 Å². The van der Waals surface area contributed by atoms with Gasteiger partial charge in [-0.05, 0) is 41.5 Å². The zero-order chi connectivity index (χ0) is 16.7. The Kier molecular flexibility index (Phi) is 4.15. The molecule has 118 valence electrons. The lowest BCUT2D eigenvalue weighted by molar-refractivity contribution is 0.483. The normalized spacial score (nSPS) is 15.8. The maximum absolute atomic E-state index is 11.2. The molecule has 1 N–H and O–H groups in total. The lowest BCUT2D eigenvalue weighted by Gasteiger charge is -2.22. The Morgan fingerprint density at radius 1 is 1.09 bits per heavy atom. The maximum atomic E-state index is 11.2. The molecule has 4 nitrogen and oxygen atoms in total. The lowest BCUT2D eigenvalue weighted by atomic mass is 9.80. The average molecular weight is 319 g/mol. The summed E-state index contributed by atoms with van der Waals surface area (Å²) in [4.78, 5) is 4.49. The zero-order valence-corrected chi connectivity index (χ0v) is 14.3. The van der Waals surface area contributed by atoms with Crippen LogP contribution in [0.2, 0.25) is 0 Å². The highest BCUT2D eigenvalue weighted by molar-refractivity contribution is 7.85. The van der Waals surface area contributed by atoms with E-state index in [1.807, 2.05) is 32.9 Å². The second-order valence-electron chi connectivity index (χ2n) is 5.64. The molecular weight excluding hydrogens is 298 g/mol. The summed E-state index contributed by atoms with van der Waals surface area (Å²) in [5.41, 5.74) is 2.90. The van der Waals surface area contributed by atoms with Crippen LogP contribution in [0.3, 0.4) is 0 Å². The second kappa shape index (κ2) is 5.48. The van der Waals surface area contributed by atoms with Crippen molar-refractivity contribution < 1.29 is 13.0 Å².